The van der Waals surface area contributed by atoms with Gasteiger partial charge in [-0.25, -0.2) is 9.18 Å². The highest BCUT2D eigenvalue weighted by molar-refractivity contribution is 5.94. The Morgan fingerprint density at radius 2 is 1.64 bits per heavy atom. The number of methoxy groups -OCH3 is 2. The molecule has 3 fully saturated rings. The molecule has 1 amide bonds. The van der Waals surface area contributed by atoms with Gasteiger partial charge in [-0.3, -0.25) is 18.7 Å². The van der Waals surface area contributed by atoms with Crippen LogP contribution < -0.4 is 16.6 Å². The average Bonchev–Trinajstić information content (AvgIpc) is 3.50. The molecule has 50 heavy (non-hydrogen) atoms. The second-order valence-corrected chi connectivity index (χ2v) is 13.4. The van der Waals surface area contributed by atoms with Crippen LogP contribution in [0.15, 0.2) is 34.0 Å². The fourth-order valence-electron chi connectivity index (χ4n) is 7.20. The minimum absolute atomic E-state index is 0.0625. The van der Waals surface area contributed by atoms with Crippen molar-refractivity contribution in [1.82, 2.24) is 14.5 Å². The summed E-state index contributed by atoms with van der Waals surface area (Å²) >= 11 is 0. The molecule has 1 saturated heterocycles. The van der Waals surface area contributed by atoms with E-state index >= 15 is 0 Å². The Balaban J connectivity index is 1.30. The fraction of sp³-hybridized carbons (Fsp3) is 0.686. The van der Waals surface area contributed by atoms with Gasteiger partial charge in [0.1, 0.15) is 18.1 Å². The normalized spacial score (nSPS) is 23.5. The second kappa shape index (κ2) is 16.1. The minimum atomic E-state index is -4.96. The van der Waals surface area contributed by atoms with Crippen LogP contribution in [0.4, 0.5) is 17.6 Å². The van der Waals surface area contributed by atoms with Crippen molar-refractivity contribution in [1.29, 1.82) is 0 Å². The van der Waals surface area contributed by atoms with Crippen molar-refractivity contribution in [3.8, 4) is 0 Å². The van der Waals surface area contributed by atoms with E-state index in [0.717, 1.165) is 74.8 Å². The predicted molar refractivity (Wildman–Crippen MR) is 173 cm³/mol. The molecule has 278 valence electrons. The van der Waals surface area contributed by atoms with E-state index in [1.54, 1.807) is 21.1 Å². The molecule has 2 saturated carbocycles. The van der Waals surface area contributed by atoms with Crippen LogP contribution in [0.3, 0.4) is 0 Å². The van der Waals surface area contributed by atoms with E-state index in [1.807, 2.05) is 0 Å². The number of ether oxygens (including phenoxy) is 5. The summed E-state index contributed by atoms with van der Waals surface area (Å²) in [5, 5.41) is 2.47. The van der Waals surface area contributed by atoms with Gasteiger partial charge in [-0.15, -0.1) is 0 Å². The molecule has 3 atom stereocenters. The third kappa shape index (κ3) is 8.67. The van der Waals surface area contributed by atoms with Crippen LogP contribution in [0.25, 0.3) is 0 Å². The van der Waals surface area contributed by atoms with Crippen LogP contribution in [0, 0.1) is 12.7 Å². The highest BCUT2D eigenvalue weighted by Gasteiger charge is 2.46. The van der Waals surface area contributed by atoms with E-state index in [0.29, 0.717) is 24.1 Å². The molecule has 3 aliphatic rings. The molecule has 2 aliphatic carbocycles. The zero-order valence-corrected chi connectivity index (χ0v) is 28.8. The lowest BCUT2D eigenvalue weighted by Crippen LogP contribution is -2.45. The van der Waals surface area contributed by atoms with Crippen molar-refractivity contribution in [2.24, 2.45) is 0 Å². The first-order valence-electron chi connectivity index (χ1n) is 17.4. The van der Waals surface area contributed by atoms with Crippen molar-refractivity contribution in [3.63, 3.8) is 0 Å². The van der Waals surface area contributed by atoms with Gasteiger partial charge < -0.3 is 29.0 Å². The van der Waals surface area contributed by atoms with Crippen LogP contribution in [0.1, 0.15) is 105 Å². The third-order valence-corrected chi connectivity index (χ3v) is 10.1. The molecule has 0 bridgehead atoms. The number of amides is 1. The summed E-state index contributed by atoms with van der Waals surface area (Å²) < 4.78 is 86.7. The molecule has 5 rings (SSSR count). The second-order valence-electron chi connectivity index (χ2n) is 13.4. The average molecular weight is 714 g/mol. The van der Waals surface area contributed by atoms with Gasteiger partial charge in [0.15, 0.2) is 11.6 Å². The van der Waals surface area contributed by atoms with Crippen molar-refractivity contribution in [2.45, 2.75) is 127 Å². The summed E-state index contributed by atoms with van der Waals surface area (Å²) in [4.78, 5) is 39.4. The number of hydrogen-bond donors (Lipinski definition) is 1. The van der Waals surface area contributed by atoms with Crippen LogP contribution >= 0.6 is 0 Å². The van der Waals surface area contributed by atoms with Crippen molar-refractivity contribution in [3.05, 3.63) is 67.7 Å². The molecule has 1 aromatic heterocycles. The number of carbonyl (C=O) groups excluding carboxylic acids is 1. The van der Waals surface area contributed by atoms with Gasteiger partial charge in [0.25, 0.3) is 11.5 Å². The minimum Gasteiger partial charge on any atom is -0.353 e. The standard InChI is InChI=1S/C35H47F4N3O8/c1-23-21-42(32(45)41(31(23)44)18-10-17-40-30(43)24-11-12-26(36)25(19-24)35(37,38)39)29-20-27(50-34(47-3)15-8-5-9-16-34)28(49-29)22-48-33(46-2)13-6-4-7-14-33/h11-12,19,21,27-29H,4-10,13-18,20,22H2,1-3H3,(H,40,43)/t27-,28+,29-/m0/s1/i36+0. The summed E-state index contributed by atoms with van der Waals surface area (Å²) in [5.74, 6) is -3.84. The lowest BCUT2D eigenvalue weighted by molar-refractivity contribution is -0.282. The number of benzene rings is 1. The van der Waals surface area contributed by atoms with E-state index in [-0.39, 0.29) is 31.7 Å². The van der Waals surface area contributed by atoms with Gasteiger partial charge in [-0.2, -0.15) is 13.2 Å². The topological polar surface area (TPSA) is 119 Å². The van der Waals surface area contributed by atoms with E-state index in [4.69, 9.17) is 23.7 Å². The number of alkyl halides is 3. The number of nitrogens with zero attached hydrogens (tertiary/aromatic N) is 2. The van der Waals surface area contributed by atoms with Gasteiger partial charge in [-0.05, 0) is 57.2 Å². The molecule has 11 nitrogen and oxygen atoms in total. The number of rotatable bonds is 13. The molecule has 0 radical (unpaired) electrons. The Kier molecular flexibility index (Phi) is 12.2. The maximum absolute atomic E-state index is 13.8. The summed E-state index contributed by atoms with van der Waals surface area (Å²) in [5.41, 5.74) is -2.76. The van der Waals surface area contributed by atoms with E-state index in [1.165, 1.54) is 10.8 Å². The highest BCUT2D eigenvalue weighted by atomic mass is 19.4. The van der Waals surface area contributed by atoms with E-state index in [2.05, 4.69) is 5.32 Å². The molecule has 0 unspecified atom stereocenters. The Morgan fingerprint density at radius 3 is 2.26 bits per heavy atom. The van der Waals surface area contributed by atoms with Crippen LogP contribution in [0.5, 0.6) is 0 Å². The fourth-order valence-corrected chi connectivity index (χ4v) is 7.20. The number of nitrogens with one attached hydrogen (secondary N) is 1. The Morgan fingerprint density at radius 1 is 1.00 bits per heavy atom. The third-order valence-electron chi connectivity index (χ3n) is 10.1. The first kappa shape index (κ1) is 38.1. The summed E-state index contributed by atoms with van der Waals surface area (Å²) in [7, 11) is 3.28. The SMILES string of the molecule is COC1(OC[C@H]2O[C@H](n3cc(C)c(=O)n(CCCNC(=O)c4ccc([19F])c(C(F)(F)F)c4)c3=O)C[C@@H]2OC2(OC)CCCCC2)CCCCC1. The van der Waals surface area contributed by atoms with Crippen LogP contribution in [-0.4, -0.2) is 66.2 Å². The number of aromatic nitrogens is 2. The molecule has 15 heteroatoms. The number of carbonyl (C=O) groups is 1. The van der Waals surface area contributed by atoms with E-state index < -0.39 is 64.7 Å². The van der Waals surface area contributed by atoms with Crippen molar-refractivity contribution in [2.75, 3.05) is 27.4 Å². The van der Waals surface area contributed by atoms with Crippen LogP contribution in [-0.2, 0) is 36.4 Å². The van der Waals surface area contributed by atoms with Gasteiger partial charge in [0.05, 0.1) is 18.3 Å². The maximum atomic E-state index is 13.8. The molecule has 2 heterocycles. The summed E-state index contributed by atoms with van der Waals surface area (Å²) in [6, 6.07) is 1.98. The number of hydrogen-bond acceptors (Lipinski definition) is 8. The van der Waals surface area contributed by atoms with Crippen molar-refractivity contribution < 1.29 is 46.0 Å². The zero-order chi connectivity index (χ0) is 36.1. The van der Waals surface area contributed by atoms with Gasteiger partial charge >= 0.3 is 11.9 Å². The molecule has 2 aromatic rings. The highest BCUT2D eigenvalue weighted by Crippen LogP contribution is 2.40. The lowest BCUT2D eigenvalue weighted by Gasteiger charge is -2.40. The molecule has 1 aliphatic heterocycles. The first-order chi connectivity index (χ1) is 23.8. The molecule has 0 spiro atoms. The van der Waals surface area contributed by atoms with Gasteiger partial charge in [0.2, 0.25) is 0 Å². The summed E-state index contributed by atoms with van der Waals surface area (Å²) in [6.07, 6.45) is 4.15. The predicted octanol–water partition coefficient (Wildman–Crippen LogP) is 5.60. The lowest BCUT2D eigenvalue weighted by atomic mass is 9.93. The molecular formula is C35H47F4N3O8. The molecule has 1 N–H and O–H groups in total. The quantitative estimate of drug-likeness (QED) is 0.162. The first-order valence-corrected chi connectivity index (χ1v) is 17.4. The van der Waals surface area contributed by atoms with Gasteiger partial charge in [0, 0.05) is 76.7 Å². The maximum Gasteiger partial charge on any atom is 0.419 e. The van der Waals surface area contributed by atoms with Crippen molar-refractivity contribution >= 4 is 5.91 Å². The molecular weight excluding hydrogens is 666 g/mol. The Bertz CT molecular complexity index is 1600. The monoisotopic (exact) mass is 713 g/mol. The zero-order valence-electron chi connectivity index (χ0n) is 28.8. The van der Waals surface area contributed by atoms with E-state index in [9.17, 15) is 31.9 Å². The van der Waals surface area contributed by atoms with Gasteiger partial charge in [-0.1, -0.05) is 12.8 Å². The number of halogens is 4. The Hall–Kier alpha value is -3.11. The van der Waals surface area contributed by atoms with Crippen LogP contribution in [0.2, 0.25) is 0 Å². The largest absolute Gasteiger partial charge is 0.419 e. The summed E-state index contributed by atoms with van der Waals surface area (Å²) in [6.45, 7) is 1.60. The number of aryl methyl sites for hydroxylation is 1. The smallest absolute Gasteiger partial charge is 0.353 e. The Labute approximate surface area is 288 Å². The molecule has 1 aromatic carbocycles.